The van der Waals surface area contributed by atoms with Crippen LogP contribution in [-0.2, 0) is 4.74 Å². The van der Waals surface area contributed by atoms with E-state index in [2.05, 4.69) is 20.4 Å². The molecule has 4 rings (SSSR count). The Labute approximate surface area is 163 Å². The summed E-state index contributed by atoms with van der Waals surface area (Å²) in [6.45, 7) is 2.15. The zero-order valence-electron chi connectivity index (χ0n) is 14.8. The van der Waals surface area contributed by atoms with Gasteiger partial charge in [0.25, 0.3) is 0 Å². The first kappa shape index (κ1) is 17.8. The number of carbonyl (C=O) groups excluding carboxylic acids is 1. The lowest BCUT2D eigenvalue weighted by Crippen LogP contribution is -2.14. The summed E-state index contributed by atoms with van der Waals surface area (Å²) in [6, 6.07) is 7.07. The Hall–Kier alpha value is -3.60. The van der Waals surface area contributed by atoms with Crippen LogP contribution in [0.3, 0.4) is 0 Å². The molecule has 0 unspecified atom stereocenters. The number of benzene rings is 1. The predicted octanol–water partition coefficient (Wildman–Crippen LogP) is 2.86. The molecule has 0 aliphatic carbocycles. The third-order valence-electron chi connectivity index (χ3n) is 3.90. The van der Waals surface area contributed by atoms with Gasteiger partial charge in [-0.25, -0.2) is 14.5 Å². The molecule has 3 aromatic rings. The minimum Gasteiger partial charge on any atom is -0.454 e. The van der Waals surface area contributed by atoms with Crippen molar-refractivity contribution in [2.45, 2.75) is 6.92 Å². The van der Waals surface area contributed by atoms with Crippen LogP contribution in [0.2, 0.25) is 0 Å². The summed E-state index contributed by atoms with van der Waals surface area (Å²) in [5.41, 5.74) is 7.85. The summed E-state index contributed by atoms with van der Waals surface area (Å²) in [7, 11) is 0. The smallest absolute Gasteiger partial charge is 0.412 e. The molecule has 4 N–H and O–H groups in total. The Morgan fingerprint density at radius 1 is 1.46 bits per heavy atom. The lowest BCUT2D eigenvalue weighted by atomic mass is 10.2. The molecule has 1 amide bonds. The van der Waals surface area contributed by atoms with E-state index >= 15 is 0 Å². The number of nitrogens with zero attached hydrogens (tertiary/aromatic N) is 3. The van der Waals surface area contributed by atoms with E-state index < -0.39 is 6.09 Å². The van der Waals surface area contributed by atoms with Gasteiger partial charge in [-0.1, -0.05) is 0 Å². The van der Waals surface area contributed by atoms with E-state index in [1.165, 1.54) is 4.68 Å². The Balaban J connectivity index is 1.70. The second kappa shape index (κ2) is 7.19. The van der Waals surface area contributed by atoms with Crippen molar-refractivity contribution in [3.8, 4) is 11.5 Å². The van der Waals surface area contributed by atoms with Gasteiger partial charge in [0.05, 0.1) is 18.3 Å². The van der Waals surface area contributed by atoms with Crippen molar-refractivity contribution >= 4 is 47.2 Å². The molecule has 0 fully saturated rings. The zero-order chi connectivity index (χ0) is 19.7. The largest absolute Gasteiger partial charge is 0.454 e. The van der Waals surface area contributed by atoms with Gasteiger partial charge in [0.15, 0.2) is 22.1 Å². The van der Waals surface area contributed by atoms with E-state index in [0.717, 1.165) is 5.56 Å². The van der Waals surface area contributed by atoms with E-state index in [1.807, 2.05) is 18.2 Å². The van der Waals surface area contributed by atoms with Crippen LogP contribution in [0, 0.1) is 4.77 Å². The average Bonchev–Trinajstić information content (AvgIpc) is 3.24. The quantitative estimate of drug-likeness (QED) is 0.454. The zero-order valence-corrected chi connectivity index (χ0v) is 15.6. The molecule has 1 aromatic carbocycles. The van der Waals surface area contributed by atoms with Gasteiger partial charge < -0.3 is 24.9 Å². The van der Waals surface area contributed by atoms with Crippen molar-refractivity contribution in [2.75, 3.05) is 24.5 Å². The molecule has 1 aliphatic heterocycles. The minimum absolute atomic E-state index is 0.174. The summed E-state index contributed by atoms with van der Waals surface area (Å²) in [6.07, 6.45) is 0.999. The molecule has 0 bridgehead atoms. The first-order valence-electron chi connectivity index (χ1n) is 8.34. The topological polar surface area (TPSA) is 129 Å². The number of nitrogens with two attached hydrogens (primary N) is 1. The van der Waals surface area contributed by atoms with Gasteiger partial charge in [0.1, 0.15) is 11.3 Å². The van der Waals surface area contributed by atoms with Crippen LogP contribution in [-0.4, -0.2) is 40.4 Å². The molecule has 0 atom stereocenters. The van der Waals surface area contributed by atoms with Crippen LogP contribution in [0.1, 0.15) is 12.5 Å². The average molecular weight is 400 g/mol. The number of nitrogens with one attached hydrogen (secondary N) is 2. The van der Waals surface area contributed by atoms with Gasteiger partial charge in [0, 0.05) is 6.07 Å². The number of nitrogen functional groups attached to an aromatic ring is 1. The van der Waals surface area contributed by atoms with Gasteiger partial charge in [-0.15, -0.1) is 0 Å². The maximum atomic E-state index is 11.7. The van der Waals surface area contributed by atoms with E-state index in [9.17, 15) is 4.79 Å². The monoisotopic (exact) mass is 400 g/mol. The number of fused-ring (bicyclic) bond motifs is 2. The number of H-pyrrole nitrogens is 1. The highest BCUT2D eigenvalue weighted by Gasteiger charge is 2.14. The highest BCUT2D eigenvalue weighted by Crippen LogP contribution is 2.32. The van der Waals surface area contributed by atoms with Crippen molar-refractivity contribution in [3.05, 3.63) is 34.6 Å². The van der Waals surface area contributed by atoms with Crippen LogP contribution >= 0.6 is 12.2 Å². The fourth-order valence-electron chi connectivity index (χ4n) is 2.68. The number of aromatic nitrogens is 3. The standard InChI is InChI=1S/C17H16N6O4S/c1-2-25-17(24)21-13-6-10-14(15(18)20-13)22-16(28)23(10)19-7-9-3-4-11-12(5-9)27-8-26-11/h3-7H,2,8H2,1H3,(H,22,28)(H3,18,20,21,24). The Morgan fingerprint density at radius 2 is 2.29 bits per heavy atom. The number of carbonyl (C=O) groups is 1. The maximum absolute atomic E-state index is 11.7. The van der Waals surface area contributed by atoms with Gasteiger partial charge >= 0.3 is 6.09 Å². The fourth-order valence-corrected chi connectivity index (χ4v) is 2.93. The molecule has 0 spiro atoms. The summed E-state index contributed by atoms with van der Waals surface area (Å²) >= 11 is 5.33. The van der Waals surface area contributed by atoms with Crippen molar-refractivity contribution in [1.82, 2.24) is 14.6 Å². The molecular formula is C17H16N6O4S. The summed E-state index contributed by atoms with van der Waals surface area (Å²) in [5, 5.41) is 6.94. The number of aromatic amines is 1. The number of imidazole rings is 1. The lowest BCUT2D eigenvalue weighted by molar-refractivity contribution is 0.168. The van der Waals surface area contributed by atoms with Crippen molar-refractivity contribution in [2.24, 2.45) is 5.10 Å². The van der Waals surface area contributed by atoms with Crippen LogP contribution in [0.15, 0.2) is 29.4 Å². The van der Waals surface area contributed by atoms with Crippen LogP contribution in [0.25, 0.3) is 11.0 Å². The van der Waals surface area contributed by atoms with Crippen molar-refractivity contribution < 1.29 is 19.0 Å². The first-order chi connectivity index (χ1) is 13.5. The normalized spacial score (nSPS) is 12.6. The van der Waals surface area contributed by atoms with Crippen LogP contribution in [0.5, 0.6) is 11.5 Å². The number of amides is 1. The molecule has 0 saturated carbocycles. The molecule has 28 heavy (non-hydrogen) atoms. The molecule has 2 aromatic heterocycles. The molecule has 144 valence electrons. The number of rotatable bonds is 4. The van der Waals surface area contributed by atoms with E-state index in [-0.39, 0.29) is 25.0 Å². The number of ether oxygens (including phenoxy) is 3. The SMILES string of the molecule is CCOC(=O)Nc1cc2c([nH]c(=S)n2N=Cc2ccc3c(c2)OCO3)c(N)n1. The second-order valence-electron chi connectivity index (χ2n) is 5.73. The van der Waals surface area contributed by atoms with Crippen LogP contribution in [0.4, 0.5) is 16.4 Å². The predicted molar refractivity (Wildman–Crippen MR) is 106 cm³/mol. The number of pyridine rings is 1. The third kappa shape index (κ3) is 3.34. The molecule has 0 radical (unpaired) electrons. The molecule has 0 saturated heterocycles. The van der Waals surface area contributed by atoms with E-state index in [0.29, 0.717) is 27.3 Å². The molecule has 10 nitrogen and oxygen atoms in total. The van der Waals surface area contributed by atoms with Gasteiger partial charge in [-0.05, 0) is 42.9 Å². The van der Waals surface area contributed by atoms with Gasteiger partial charge in [0.2, 0.25) is 6.79 Å². The number of hydrogen-bond acceptors (Lipinski definition) is 8. The maximum Gasteiger partial charge on any atom is 0.412 e. The van der Waals surface area contributed by atoms with Crippen molar-refractivity contribution in [1.29, 1.82) is 0 Å². The summed E-state index contributed by atoms with van der Waals surface area (Å²) in [5.74, 6) is 1.74. The molecule has 1 aliphatic rings. The molecule has 3 heterocycles. The van der Waals surface area contributed by atoms with Crippen molar-refractivity contribution in [3.63, 3.8) is 0 Å². The Kier molecular flexibility index (Phi) is 4.57. The number of anilines is 2. The third-order valence-corrected chi connectivity index (χ3v) is 4.18. The van der Waals surface area contributed by atoms with E-state index in [4.69, 9.17) is 32.2 Å². The van der Waals surface area contributed by atoms with E-state index in [1.54, 1.807) is 19.2 Å². The molecular weight excluding hydrogens is 384 g/mol. The van der Waals surface area contributed by atoms with Crippen LogP contribution < -0.4 is 20.5 Å². The highest BCUT2D eigenvalue weighted by molar-refractivity contribution is 7.71. The van der Waals surface area contributed by atoms with Gasteiger partial charge in [-0.3, -0.25) is 5.32 Å². The lowest BCUT2D eigenvalue weighted by Gasteiger charge is -2.06. The summed E-state index contributed by atoms with van der Waals surface area (Å²) in [4.78, 5) is 18.7. The summed E-state index contributed by atoms with van der Waals surface area (Å²) < 4.78 is 17.3. The molecule has 11 heteroatoms. The Bertz CT molecular complexity index is 1150. The van der Waals surface area contributed by atoms with Gasteiger partial charge in [-0.2, -0.15) is 5.10 Å². The highest BCUT2D eigenvalue weighted by atomic mass is 32.1. The second-order valence-corrected chi connectivity index (χ2v) is 6.12. The Morgan fingerprint density at radius 3 is 3.11 bits per heavy atom. The first-order valence-corrected chi connectivity index (χ1v) is 8.75. The minimum atomic E-state index is -0.627. The fraction of sp³-hybridized carbons (Fsp3) is 0.176. The number of hydrogen-bond donors (Lipinski definition) is 3.